The number of hydrogen-bond donors (Lipinski definition) is 4. The molecular weight excluding hydrogens is 372 g/mol. The zero-order chi connectivity index (χ0) is 21.0. The van der Waals surface area contributed by atoms with E-state index >= 15 is 0 Å². The molecule has 2 aromatic carbocycles. The molecule has 0 aromatic heterocycles. The Kier molecular flexibility index (Phi) is 6.30. The molecule has 156 valence electrons. The molecule has 0 spiro atoms. The lowest BCUT2D eigenvalue weighted by Crippen LogP contribution is -2.42. The highest BCUT2D eigenvalue weighted by molar-refractivity contribution is 5.96. The number of ether oxygens (including phenoxy) is 2. The Morgan fingerprint density at radius 1 is 1.28 bits per heavy atom. The molecule has 4 N–H and O–H groups in total. The van der Waals surface area contributed by atoms with Crippen LogP contribution in [0.25, 0.3) is 0 Å². The number of anilines is 1. The monoisotopic (exact) mass is 400 g/mol. The number of nitrogens with one attached hydrogen (secondary N) is 2. The van der Waals surface area contributed by atoms with Crippen molar-refractivity contribution in [2.45, 2.75) is 38.3 Å². The average Bonchev–Trinajstić information content (AvgIpc) is 2.70. The molecule has 1 aliphatic heterocycles. The molecule has 29 heavy (non-hydrogen) atoms. The van der Waals surface area contributed by atoms with Gasteiger partial charge in [0.2, 0.25) is 0 Å². The van der Waals surface area contributed by atoms with Crippen molar-refractivity contribution >= 4 is 11.6 Å². The summed E-state index contributed by atoms with van der Waals surface area (Å²) in [6.07, 6.45) is 0.860. The number of methoxy groups -OCH3 is 1. The number of rotatable bonds is 8. The van der Waals surface area contributed by atoms with E-state index in [0.717, 1.165) is 18.6 Å². The number of phenols is 1. The largest absolute Gasteiger partial charge is 0.508 e. The van der Waals surface area contributed by atoms with Crippen LogP contribution in [0.3, 0.4) is 0 Å². The van der Waals surface area contributed by atoms with Crippen LogP contribution in [-0.4, -0.2) is 41.9 Å². The Morgan fingerprint density at radius 2 is 2.00 bits per heavy atom. The summed E-state index contributed by atoms with van der Waals surface area (Å²) in [6, 6.07) is 10.9. The first-order chi connectivity index (χ1) is 13.8. The molecule has 1 unspecified atom stereocenters. The minimum absolute atomic E-state index is 0.0395. The molecule has 0 fully saturated rings. The average molecular weight is 400 g/mol. The minimum Gasteiger partial charge on any atom is -0.508 e. The Hall–Kier alpha value is -2.77. The van der Waals surface area contributed by atoms with Gasteiger partial charge in [0.1, 0.15) is 17.2 Å². The van der Waals surface area contributed by atoms with Gasteiger partial charge in [-0.15, -0.1) is 0 Å². The molecule has 3 rings (SSSR count). The summed E-state index contributed by atoms with van der Waals surface area (Å²) in [5, 5.41) is 26.7. The lowest BCUT2D eigenvalue weighted by atomic mass is 9.94. The first kappa shape index (κ1) is 21.0. The van der Waals surface area contributed by atoms with E-state index in [1.54, 1.807) is 7.11 Å². The van der Waals surface area contributed by atoms with Gasteiger partial charge in [-0.25, -0.2) is 0 Å². The second-order valence-electron chi connectivity index (χ2n) is 7.88. The van der Waals surface area contributed by atoms with Crippen LogP contribution in [0.15, 0.2) is 36.4 Å². The lowest BCUT2D eigenvalue weighted by Gasteiger charge is -2.29. The highest BCUT2D eigenvalue weighted by atomic mass is 16.5. The summed E-state index contributed by atoms with van der Waals surface area (Å²) in [7, 11) is 1.65. The van der Waals surface area contributed by atoms with E-state index in [-0.39, 0.29) is 30.3 Å². The quantitative estimate of drug-likeness (QED) is 0.544. The van der Waals surface area contributed by atoms with E-state index in [0.29, 0.717) is 17.0 Å². The van der Waals surface area contributed by atoms with Gasteiger partial charge in [0.25, 0.3) is 5.91 Å². The number of β-amino-alcohol motifs (C(OH)–C–C–N with tert-alkyl or cyclic N) is 1. The zero-order valence-electron chi connectivity index (χ0n) is 17.0. The van der Waals surface area contributed by atoms with Crippen molar-refractivity contribution < 1.29 is 24.5 Å². The molecule has 0 radical (unpaired) electrons. The zero-order valence-corrected chi connectivity index (χ0v) is 17.0. The van der Waals surface area contributed by atoms with Crippen molar-refractivity contribution in [1.29, 1.82) is 0 Å². The normalized spacial score (nSPS) is 14.6. The van der Waals surface area contributed by atoms with Crippen molar-refractivity contribution in [1.82, 2.24) is 5.32 Å². The van der Waals surface area contributed by atoms with Crippen molar-refractivity contribution in [3.8, 4) is 17.2 Å². The van der Waals surface area contributed by atoms with Gasteiger partial charge >= 0.3 is 0 Å². The molecule has 1 aliphatic rings. The summed E-state index contributed by atoms with van der Waals surface area (Å²) in [5.74, 6) is 0.901. The first-order valence-corrected chi connectivity index (χ1v) is 9.63. The van der Waals surface area contributed by atoms with Crippen LogP contribution in [0, 0.1) is 0 Å². The Balaban J connectivity index is 1.60. The van der Waals surface area contributed by atoms with Gasteiger partial charge in [-0.05, 0) is 50.5 Å². The minimum atomic E-state index is -0.897. The number of aryl methyl sites for hydroxylation is 1. The highest BCUT2D eigenvalue weighted by Crippen LogP contribution is 2.38. The third-order valence-corrected chi connectivity index (χ3v) is 5.05. The van der Waals surface area contributed by atoms with E-state index < -0.39 is 6.10 Å². The number of hydrogen-bond acceptors (Lipinski definition) is 6. The topological polar surface area (TPSA) is 100 Å². The molecule has 1 atom stereocenters. The summed E-state index contributed by atoms with van der Waals surface area (Å²) >= 11 is 0. The smallest absolute Gasteiger partial charge is 0.262 e. The highest BCUT2D eigenvalue weighted by Gasteiger charge is 2.26. The van der Waals surface area contributed by atoms with Gasteiger partial charge in [0.15, 0.2) is 6.61 Å². The third kappa shape index (κ3) is 5.40. The van der Waals surface area contributed by atoms with Gasteiger partial charge in [0.05, 0.1) is 18.9 Å². The second kappa shape index (κ2) is 8.71. The van der Waals surface area contributed by atoms with Gasteiger partial charge in [-0.2, -0.15) is 0 Å². The number of aliphatic hydroxyl groups excluding tert-OH is 1. The maximum Gasteiger partial charge on any atom is 0.262 e. The number of amides is 1. The van der Waals surface area contributed by atoms with Crippen LogP contribution in [0.1, 0.15) is 37.5 Å². The Bertz CT molecular complexity index is 864. The predicted octanol–water partition coefficient (Wildman–Crippen LogP) is 2.77. The maximum absolute atomic E-state index is 11.5. The Morgan fingerprint density at radius 3 is 2.69 bits per heavy atom. The second-order valence-corrected chi connectivity index (χ2v) is 7.88. The van der Waals surface area contributed by atoms with Crippen molar-refractivity contribution in [2.24, 2.45) is 0 Å². The number of phenolic OH excluding ortho intramolecular Hbond substituents is 1. The lowest BCUT2D eigenvalue weighted by molar-refractivity contribution is -0.118. The molecule has 7 nitrogen and oxygen atoms in total. The molecule has 0 bridgehead atoms. The molecule has 0 aliphatic carbocycles. The number of carbonyl (C=O) groups excluding carboxylic acids is 1. The molecule has 2 aromatic rings. The number of aromatic hydroxyl groups is 1. The number of aliphatic hydroxyl groups is 1. The van der Waals surface area contributed by atoms with Gasteiger partial charge in [0, 0.05) is 23.7 Å². The first-order valence-electron chi connectivity index (χ1n) is 9.63. The maximum atomic E-state index is 11.5. The van der Waals surface area contributed by atoms with E-state index in [9.17, 15) is 15.0 Å². The third-order valence-electron chi connectivity index (χ3n) is 5.05. The summed E-state index contributed by atoms with van der Waals surface area (Å²) < 4.78 is 10.7. The molecule has 1 amide bonds. The van der Waals surface area contributed by atoms with E-state index in [1.807, 2.05) is 12.1 Å². The van der Waals surface area contributed by atoms with Crippen LogP contribution < -0.4 is 20.1 Å². The van der Waals surface area contributed by atoms with Crippen LogP contribution in [0.2, 0.25) is 0 Å². The fourth-order valence-electron chi connectivity index (χ4n) is 3.28. The Labute approximate surface area is 170 Å². The fourth-order valence-corrected chi connectivity index (χ4v) is 3.28. The van der Waals surface area contributed by atoms with Crippen LogP contribution in [-0.2, 0) is 11.2 Å². The van der Waals surface area contributed by atoms with Crippen LogP contribution >= 0.6 is 0 Å². The van der Waals surface area contributed by atoms with Crippen molar-refractivity contribution in [3.63, 3.8) is 0 Å². The molecule has 0 saturated carbocycles. The van der Waals surface area contributed by atoms with Crippen LogP contribution in [0.5, 0.6) is 17.2 Å². The van der Waals surface area contributed by atoms with E-state index in [4.69, 9.17) is 9.47 Å². The van der Waals surface area contributed by atoms with Gasteiger partial charge in [-0.3, -0.25) is 4.79 Å². The summed E-state index contributed by atoms with van der Waals surface area (Å²) in [5.41, 5.74) is 1.81. The summed E-state index contributed by atoms with van der Waals surface area (Å²) in [6.45, 7) is 4.33. The standard InChI is InChI=1S/C22H28N2O5/c1-22(2,9-8-14-4-6-16(28-3)7-5-14)23-12-19(26)17-10-15(25)11-18-21(17)29-13-20(27)24-18/h4-7,10-11,19,23,25-26H,8-9,12-13H2,1-3H3,(H,24,27). The molecule has 0 saturated heterocycles. The number of carbonyl (C=O) groups is 1. The van der Waals surface area contributed by atoms with E-state index in [1.165, 1.54) is 17.7 Å². The van der Waals surface area contributed by atoms with Gasteiger partial charge < -0.3 is 30.3 Å². The van der Waals surface area contributed by atoms with Crippen LogP contribution in [0.4, 0.5) is 5.69 Å². The molecule has 7 heteroatoms. The molecular formula is C22H28N2O5. The predicted molar refractivity (Wildman–Crippen MR) is 111 cm³/mol. The fraction of sp³-hybridized carbons (Fsp3) is 0.409. The summed E-state index contributed by atoms with van der Waals surface area (Å²) in [4.78, 5) is 11.5. The van der Waals surface area contributed by atoms with Gasteiger partial charge in [-0.1, -0.05) is 12.1 Å². The number of fused-ring (bicyclic) bond motifs is 1. The van der Waals surface area contributed by atoms with Crippen molar-refractivity contribution in [3.05, 3.63) is 47.5 Å². The molecule has 1 heterocycles. The number of benzene rings is 2. The van der Waals surface area contributed by atoms with E-state index in [2.05, 4.69) is 36.6 Å². The van der Waals surface area contributed by atoms with Crippen molar-refractivity contribution in [2.75, 3.05) is 25.6 Å². The SMILES string of the molecule is COc1ccc(CCC(C)(C)NCC(O)c2cc(O)cc3c2OCC(=O)N3)cc1.